The van der Waals surface area contributed by atoms with Gasteiger partial charge in [-0.1, -0.05) is 23.2 Å². The van der Waals surface area contributed by atoms with Crippen molar-refractivity contribution in [2.75, 3.05) is 0 Å². The van der Waals surface area contributed by atoms with Gasteiger partial charge in [0.05, 0.1) is 21.0 Å². The number of nitrogens with one attached hydrogen (secondary N) is 1. The second-order valence-electron chi connectivity index (χ2n) is 5.64. The Morgan fingerprint density at radius 3 is 2.13 bits per heavy atom. The number of rotatable bonds is 5. The van der Waals surface area contributed by atoms with Crippen molar-refractivity contribution in [2.24, 2.45) is 10.2 Å². The van der Waals surface area contributed by atoms with E-state index in [2.05, 4.69) is 15.5 Å². The molecule has 1 fully saturated rings. The number of nitro benzene ring substituents is 2. The van der Waals surface area contributed by atoms with Crippen LogP contribution in [0.3, 0.4) is 0 Å². The van der Waals surface area contributed by atoms with E-state index in [1.165, 1.54) is 48.7 Å². The Kier molecular flexibility index (Phi) is 6.45. The molecule has 1 saturated heterocycles. The third-order valence-electron chi connectivity index (χ3n) is 3.66. The van der Waals surface area contributed by atoms with Crippen molar-refractivity contribution in [3.05, 3.63) is 82.7 Å². The van der Waals surface area contributed by atoms with Gasteiger partial charge >= 0.3 is 0 Å². The zero-order valence-corrected chi connectivity index (χ0v) is 16.9. The van der Waals surface area contributed by atoms with Gasteiger partial charge in [-0.15, -0.1) is 5.10 Å². The topological polar surface area (TPSA) is 140 Å². The lowest BCUT2D eigenvalue weighted by Gasteiger charge is -1.99. The summed E-state index contributed by atoms with van der Waals surface area (Å²) in [6, 6.07) is 7.74. The smallest absolute Gasteiger partial charge is 0.270 e. The highest BCUT2D eigenvalue weighted by atomic mass is 35.5. The molecule has 0 radical (unpaired) electrons. The van der Waals surface area contributed by atoms with E-state index in [-0.39, 0.29) is 37.1 Å². The molecule has 0 aliphatic carbocycles. The fourth-order valence-electron chi connectivity index (χ4n) is 2.26. The van der Waals surface area contributed by atoms with E-state index < -0.39 is 15.8 Å². The first-order valence-electron chi connectivity index (χ1n) is 7.94. The van der Waals surface area contributed by atoms with Crippen molar-refractivity contribution in [1.29, 1.82) is 0 Å². The normalized spacial score (nSPS) is 16.4. The number of nitrogens with zero attached hydrogens (tertiary/aromatic N) is 4. The molecule has 3 rings (SSSR count). The van der Waals surface area contributed by atoms with E-state index in [9.17, 15) is 25.0 Å². The second-order valence-corrected chi connectivity index (χ2v) is 7.49. The highest BCUT2D eigenvalue weighted by Crippen LogP contribution is 2.30. The fraction of sp³-hybridized carbons (Fsp3) is 0. The third kappa shape index (κ3) is 5.00. The van der Waals surface area contributed by atoms with Gasteiger partial charge in [0.1, 0.15) is 0 Å². The summed E-state index contributed by atoms with van der Waals surface area (Å²) in [5.41, 5.74) is 0.262. The number of amides is 1. The van der Waals surface area contributed by atoms with E-state index in [0.29, 0.717) is 5.56 Å². The molecule has 0 unspecified atom stereocenters. The predicted molar refractivity (Wildman–Crippen MR) is 115 cm³/mol. The molecular formula is C17H9Cl2N5O5S. The van der Waals surface area contributed by atoms with Gasteiger partial charge in [0.2, 0.25) is 0 Å². The summed E-state index contributed by atoms with van der Waals surface area (Å²) in [5.74, 6) is -0.482. The minimum Gasteiger partial charge on any atom is -0.299 e. The molecule has 1 aliphatic rings. The van der Waals surface area contributed by atoms with Gasteiger partial charge in [0.15, 0.2) is 5.17 Å². The van der Waals surface area contributed by atoms with E-state index in [1.807, 2.05) is 0 Å². The van der Waals surface area contributed by atoms with Crippen molar-refractivity contribution in [3.63, 3.8) is 0 Å². The van der Waals surface area contributed by atoms with Crippen molar-refractivity contribution >= 4 is 69.7 Å². The molecule has 30 heavy (non-hydrogen) atoms. The molecular weight excluding hydrogens is 457 g/mol. The molecule has 0 atom stereocenters. The van der Waals surface area contributed by atoms with E-state index in [4.69, 9.17) is 23.2 Å². The van der Waals surface area contributed by atoms with Crippen LogP contribution in [0.5, 0.6) is 0 Å². The zero-order valence-electron chi connectivity index (χ0n) is 14.6. The average Bonchev–Trinajstić information content (AvgIpc) is 3.03. The zero-order chi connectivity index (χ0) is 21.8. The second kappa shape index (κ2) is 9.03. The molecule has 0 saturated carbocycles. The van der Waals surface area contributed by atoms with Crippen LogP contribution < -0.4 is 5.32 Å². The van der Waals surface area contributed by atoms with Crippen molar-refractivity contribution in [1.82, 2.24) is 5.32 Å². The summed E-state index contributed by atoms with van der Waals surface area (Å²) in [6.45, 7) is 0. The Hall–Kier alpha value is -3.28. The minimum atomic E-state index is -0.569. The van der Waals surface area contributed by atoms with Crippen LogP contribution in [0.2, 0.25) is 10.0 Å². The lowest BCUT2D eigenvalue weighted by Crippen LogP contribution is -2.19. The highest BCUT2D eigenvalue weighted by molar-refractivity contribution is 8.18. The van der Waals surface area contributed by atoms with Crippen LogP contribution in [0.15, 0.2) is 51.5 Å². The van der Waals surface area contributed by atoms with Crippen LogP contribution in [0, 0.1) is 20.2 Å². The Bertz CT molecular complexity index is 1170. The summed E-state index contributed by atoms with van der Waals surface area (Å²) in [5, 5.41) is 32.5. The number of thioether (sulfide) groups is 1. The number of carbonyl (C=O) groups excluding carboxylic acids is 1. The largest absolute Gasteiger partial charge is 0.299 e. The molecule has 1 amide bonds. The Labute approximate surface area is 182 Å². The molecule has 1 aliphatic heterocycles. The molecule has 2 aromatic carbocycles. The van der Waals surface area contributed by atoms with Gasteiger partial charge in [0, 0.05) is 45.4 Å². The Morgan fingerprint density at radius 1 is 0.967 bits per heavy atom. The molecule has 0 aromatic heterocycles. The number of non-ortho nitro benzene ring substituents is 2. The van der Waals surface area contributed by atoms with Gasteiger partial charge < -0.3 is 0 Å². The molecule has 0 bridgehead atoms. The number of hydrogen-bond acceptors (Lipinski definition) is 8. The molecule has 2 aromatic rings. The first kappa shape index (κ1) is 21.4. The number of amidine groups is 1. The maximum Gasteiger partial charge on any atom is 0.270 e. The van der Waals surface area contributed by atoms with Crippen LogP contribution >= 0.6 is 35.0 Å². The highest BCUT2D eigenvalue weighted by Gasteiger charge is 2.24. The maximum atomic E-state index is 12.1. The third-order valence-corrected chi connectivity index (χ3v) is 5.25. The number of halogens is 2. The van der Waals surface area contributed by atoms with Crippen LogP contribution in [-0.2, 0) is 4.79 Å². The number of nitro groups is 2. The molecule has 0 spiro atoms. The van der Waals surface area contributed by atoms with E-state index in [0.717, 1.165) is 11.8 Å². The van der Waals surface area contributed by atoms with E-state index in [1.54, 1.807) is 0 Å². The maximum absolute atomic E-state index is 12.1. The Morgan fingerprint density at radius 2 is 1.53 bits per heavy atom. The summed E-state index contributed by atoms with van der Waals surface area (Å²) < 4.78 is 0. The number of benzene rings is 2. The standard InChI is InChI=1S/C17H9Cl2N5O5S/c18-13-3-1-11(23(26)27)5-9(13)7-15-16(25)21-17(30-15)22-20-8-10-6-12(24(28)29)2-4-14(10)19/h1-8H,(H,21,22,25)/b15-7-,20-8+. The van der Waals surface area contributed by atoms with Crippen molar-refractivity contribution < 1.29 is 14.6 Å². The summed E-state index contributed by atoms with van der Waals surface area (Å²) in [4.78, 5) is 32.9. The van der Waals surface area contributed by atoms with Gasteiger partial charge in [-0.25, -0.2) is 0 Å². The summed E-state index contributed by atoms with van der Waals surface area (Å²) >= 11 is 13.0. The van der Waals surface area contributed by atoms with Crippen LogP contribution in [0.25, 0.3) is 6.08 Å². The van der Waals surface area contributed by atoms with Crippen LogP contribution in [0.1, 0.15) is 11.1 Å². The van der Waals surface area contributed by atoms with Gasteiger partial charge in [-0.05, 0) is 30.0 Å². The van der Waals surface area contributed by atoms with Crippen molar-refractivity contribution in [2.45, 2.75) is 0 Å². The monoisotopic (exact) mass is 465 g/mol. The van der Waals surface area contributed by atoms with Gasteiger partial charge in [0.25, 0.3) is 17.3 Å². The van der Waals surface area contributed by atoms with Crippen LogP contribution in [-0.4, -0.2) is 27.1 Å². The number of hydrogen-bond donors (Lipinski definition) is 1. The summed E-state index contributed by atoms with van der Waals surface area (Å²) in [6.07, 6.45) is 2.62. The fourth-order valence-corrected chi connectivity index (χ4v) is 3.37. The Balaban J connectivity index is 1.80. The summed E-state index contributed by atoms with van der Waals surface area (Å²) in [7, 11) is 0. The van der Waals surface area contributed by atoms with Crippen LogP contribution in [0.4, 0.5) is 11.4 Å². The first-order valence-corrected chi connectivity index (χ1v) is 9.51. The first-order chi connectivity index (χ1) is 14.2. The quantitative estimate of drug-likeness (QED) is 0.300. The molecule has 13 heteroatoms. The molecule has 1 heterocycles. The van der Waals surface area contributed by atoms with Crippen molar-refractivity contribution in [3.8, 4) is 0 Å². The van der Waals surface area contributed by atoms with Gasteiger partial charge in [-0.3, -0.25) is 30.3 Å². The molecule has 152 valence electrons. The lowest BCUT2D eigenvalue weighted by molar-refractivity contribution is -0.385. The van der Waals surface area contributed by atoms with Gasteiger partial charge in [-0.2, -0.15) is 5.10 Å². The molecule has 10 nitrogen and oxygen atoms in total. The SMILES string of the molecule is O=C1N/C(=N/N=C/c2cc([N+](=O)[O-])ccc2Cl)S/C1=C\c1cc([N+](=O)[O-])ccc1Cl. The van der Waals surface area contributed by atoms with E-state index >= 15 is 0 Å². The number of carbonyl (C=O) groups is 1. The molecule has 1 N–H and O–H groups in total. The minimum absolute atomic E-state index is 0.144. The lowest BCUT2D eigenvalue weighted by atomic mass is 10.2. The predicted octanol–water partition coefficient (Wildman–Crippen LogP) is 4.40. The average molecular weight is 466 g/mol.